The van der Waals surface area contributed by atoms with Gasteiger partial charge in [-0.05, 0) is 17.5 Å². The lowest BCUT2D eigenvalue weighted by Gasteiger charge is -2.33. The highest BCUT2D eigenvalue weighted by Gasteiger charge is 2.38. The summed E-state index contributed by atoms with van der Waals surface area (Å²) >= 11 is 0. The van der Waals surface area contributed by atoms with E-state index >= 15 is 0 Å². The smallest absolute Gasteiger partial charge is 0.307 e. The number of carboxylic acids is 1. The molecule has 3 unspecified atom stereocenters. The molecule has 0 amide bonds. The number of carbonyl (C=O) groups is 1. The van der Waals surface area contributed by atoms with Crippen LogP contribution in [0.2, 0.25) is 0 Å². The summed E-state index contributed by atoms with van der Waals surface area (Å²) in [6.45, 7) is -0.313. The van der Waals surface area contributed by atoms with Crippen LogP contribution < -0.4 is 0 Å². The predicted molar refractivity (Wildman–Crippen MR) is 56.8 cm³/mol. The van der Waals surface area contributed by atoms with E-state index in [2.05, 4.69) is 0 Å². The average molecular weight is 222 g/mol. The van der Waals surface area contributed by atoms with Crippen molar-refractivity contribution < 1.29 is 20.1 Å². The van der Waals surface area contributed by atoms with Crippen LogP contribution >= 0.6 is 0 Å². The standard InChI is InChI=1S/C12H14O4/c13-6-10-9(12(15)16)5-7-3-1-2-4-8(7)11(10)14/h1-4,9-11,13-14H,5-6H2,(H,15,16). The fourth-order valence-corrected chi connectivity index (χ4v) is 2.35. The monoisotopic (exact) mass is 222 g/mol. The van der Waals surface area contributed by atoms with Gasteiger partial charge in [-0.3, -0.25) is 4.79 Å². The number of aliphatic hydroxyl groups excluding tert-OH is 2. The normalized spacial score (nSPS) is 28.5. The summed E-state index contributed by atoms with van der Waals surface area (Å²) in [6.07, 6.45) is -0.524. The molecule has 4 nitrogen and oxygen atoms in total. The second-order valence-corrected chi connectivity index (χ2v) is 4.14. The molecule has 4 heteroatoms. The molecule has 3 atom stereocenters. The van der Waals surface area contributed by atoms with Crippen LogP contribution in [0.5, 0.6) is 0 Å². The van der Waals surface area contributed by atoms with Gasteiger partial charge >= 0.3 is 5.97 Å². The predicted octanol–water partition coefficient (Wildman–Crippen LogP) is 0.585. The van der Waals surface area contributed by atoms with E-state index in [1.165, 1.54) is 0 Å². The minimum absolute atomic E-state index is 0.313. The molecule has 0 spiro atoms. The summed E-state index contributed by atoms with van der Waals surface area (Å²) in [5.41, 5.74) is 1.59. The Bertz CT molecular complexity index is 402. The third-order valence-corrected chi connectivity index (χ3v) is 3.26. The van der Waals surface area contributed by atoms with Gasteiger partial charge in [0.05, 0.1) is 12.0 Å². The molecule has 0 aromatic heterocycles. The van der Waals surface area contributed by atoms with Crippen LogP contribution in [0.15, 0.2) is 24.3 Å². The molecule has 1 aliphatic rings. The highest BCUT2D eigenvalue weighted by molar-refractivity contribution is 5.71. The Kier molecular flexibility index (Phi) is 2.94. The van der Waals surface area contributed by atoms with Gasteiger partial charge < -0.3 is 15.3 Å². The summed E-state index contributed by atoms with van der Waals surface area (Å²) in [5.74, 6) is -2.30. The molecule has 1 aliphatic carbocycles. The molecule has 0 saturated carbocycles. The zero-order valence-electron chi connectivity index (χ0n) is 8.71. The maximum Gasteiger partial charge on any atom is 0.307 e. The fourth-order valence-electron chi connectivity index (χ4n) is 2.35. The Labute approximate surface area is 93.2 Å². The van der Waals surface area contributed by atoms with E-state index in [0.717, 1.165) is 11.1 Å². The van der Waals surface area contributed by atoms with Crippen LogP contribution in [0.4, 0.5) is 0 Å². The van der Waals surface area contributed by atoms with Gasteiger partial charge in [-0.25, -0.2) is 0 Å². The maximum absolute atomic E-state index is 11.1. The zero-order chi connectivity index (χ0) is 11.7. The third-order valence-electron chi connectivity index (χ3n) is 3.26. The molecule has 3 N–H and O–H groups in total. The van der Waals surface area contributed by atoms with Crippen LogP contribution in [0, 0.1) is 11.8 Å². The molecule has 1 aromatic rings. The molecule has 16 heavy (non-hydrogen) atoms. The summed E-state index contributed by atoms with van der Waals surface area (Å²) < 4.78 is 0. The first-order valence-corrected chi connectivity index (χ1v) is 5.24. The fraction of sp³-hybridized carbons (Fsp3) is 0.417. The minimum Gasteiger partial charge on any atom is -0.481 e. The van der Waals surface area contributed by atoms with Crippen LogP contribution in [-0.4, -0.2) is 27.9 Å². The lowest BCUT2D eigenvalue weighted by Crippen LogP contribution is -2.36. The van der Waals surface area contributed by atoms with E-state index in [-0.39, 0.29) is 6.61 Å². The highest BCUT2D eigenvalue weighted by atomic mass is 16.4. The molecule has 0 bridgehead atoms. The van der Waals surface area contributed by atoms with Gasteiger partial charge in [-0.1, -0.05) is 24.3 Å². The Morgan fingerprint density at radius 3 is 2.69 bits per heavy atom. The Hall–Kier alpha value is -1.39. The van der Waals surface area contributed by atoms with Crippen LogP contribution in [0.3, 0.4) is 0 Å². The van der Waals surface area contributed by atoms with E-state index < -0.39 is 23.9 Å². The number of benzene rings is 1. The molecular weight excluding hydrogens is 208 g/mol. The lowest BCUT2D eigenvalue weighted by atomic mass is 9.74. The van der Waals surface area contributed by atoms with Gasteiger partial charge in [-0.2, -0.15) is 0 Å². The summed E-state index contributed by atoms with van der Waals surface area (Å²) in [6, 6.07) is 7.23. The van der Waals surface area contributed by atoms with Crippen molar-refractivity contribution in [3.63, 3.8) is 0 Å². The minimum atomic E-state index is -0.965. The molecule has 2 rings (SSSR count). The lowest BCUT2D eigenvalue weighted by molar-refractivity contribution is -0.147. The largest absolute Gasteiger partial charge is 0.481 e. The molecule has 0 heterocycles. The quantitative estimate of drug-likeness (QED) is 0.684. The Balaban J connectivity index is 2.41. The summed E-state index contributed by atoms with van der Waals surface area (Å²) in [5, 5.41) is 28.3. The molecule has 1 aromatic carbocycles. The molecule has 86 valence electrons. The van der Waals surface area contributed by atoms with Gasteiger partial charge in [0.25, 0.3) is 0 Å². The summed E-state index contributed by atoms with van der Waals surface area (Å²) in [7, 11) is 0. The van der Waals surface area contributed by atoms with Crippen LogP contribution in [0.25, 0.3) is 0 Å². The molecule has 0 radical (unpaired) electrons. The van der Waals surface area contributed by atoms with Crippen molar-refractivity contribution in [3.8, 4) is 0 Å². The number of hydrogen-bond acceptors (Lipinski definition) is 3. The van der Waals surface area contributed by atoms with Crippen LogP contribution in [0.1, 0.15) is 17.2 Å². The summed E-state index contributed by atoms with van der Waals surface area (Å²) in [4.78, 5) is 11.1. The number of aliphatic hydroxyl groups is 2. The first-order valence-electron chi connectivity index (χ1n) is 5.24. The van der Waals surface area contributed by atoms with Gasteiger partial charge in [0.2, 0.25) is 0 Å². The third kappa shape index (κ3) is 1.70. The Morgan fingerprint density at radius 2 is 2.06 bits per heavy atom. The van der Waals surface area contributed by atoms with Crippen molar-refractivity contribution >= 4 is 5.97 Å². The van der Waals surface area contributed by atoms with E-state index in [9.17, 15) is 15.0 Å². The van der Waals surface area contributed by atoms with Crippen molar-refractivity contribution in [3.05, 3.63) is 35.4 Å². The maximum atomic E-state index is 11.1. The first-order chi connectivity index (χ1) is 7.65. The molecule has 0 aliphatic heterocycles. The second-order valence-electron chi connectivity index (χ2n) is 4.14. The van der Waals surface area contributed by atoms with Crippen molar-refractivity contribution in [2.24, 2.45) is 11.8 Å². The SMILES string of the molecule is O=C(O)C1Cc2ccccc2C(O)C1CO. The first kappa shape index (κ1) is 11.1. The highest BCUT2D eigenvalue weighted by Crippen LogP contribution is 2.37. The van der Waals surface area contributed by atoms with Crippen molar-refractivity contribution in [1.82, 2.24) is 0 Å². The number of aliphatic carboxylic acids is 1. The topological polar surface area (TPSA) is 77.8 Å². The second kappa shape index (κ2) is 4.23. The van der Waals surface area contributed by atoms with E-state index in [4.69, 9.17) is 5.11 Å². The molecular formula is C12H14O4. The number of carboxylic acid groups (broad SMARTS) is 1. The number of fused-ring (bicyclic) bond motifs is 1. The van der Waals surface area contributed by atoms with Gasteiger partial charge in [0.15, 0.2) is 0 Å². The van der Waals surface area contributed by atoms with E-state index in [0.29, 0.717) is 6.42 Å². The van der Waals surface area contributed by atoms with Gasteiger partial charge in [-0.15, -0.1) is 0 Å². The average Bonchev–Trinajstić information content (AvgIpc) is 2.29. The Morgan fingerprint density at radius 1 is 1.38 bits per heavy atom. The molecule has 0 saturated heterocycles. The van der Waals surface area contributed by atoms with E-state index in [1.807, 2.05) is 12.1 Å². The number of hydrogen-bond donors (Lipinski definition) is 3. The van der Waals surface area contributed by atoms with Crippen LogP contribution in [-0.2, 0) is 11.2 Å². The molecule has 0 fully saturated rings. The van der Waals surface area contributed by atoms with Crippen molar-refractivity contribution in [2.75, 3.05) is 6.61 Å². The van der Waals surface area contributed by atoms with Gasteiger partial charge in [0, 0.05) is 12.5 Å². The van der Waals surface area contributed by atoms with Crippen molar-refractivity contribution in [1.29, 1.82) is 0 Å². The number of rotatable bonds is 2. The van der Waals surface area contributed by atoms with E-state index in [1.54, 1.807) is 12.1 Å². The van der Waals surface area contributed by atoms with Gasteiger partial charge in [0.1, 0.15) is 0 Å². The van der Waals surface area contributed by atoms with Crippen molar-refractivity contribution in [2.45, 2.75) is 12.5 Å². The zero-order valence-corrected chi connectivity index (χ0v) is 8.71.